The summed E-state index contributed by atoms with van der Waals surface area (Å²) in [7, 11) is 0. The van der Waals surface area contributed by atoms with Crippen LogP contribution in [0.15, 0.2) is 48.7 Å². The van der Waals surface area contributed by atoms with Crippen LogP contribution in [-0.2, 0) is 0 Å². The SMILES string of the molecule is CCN1CCN(c2ccc(Nc3ncc(C(=O)Nc4c(F)cccc4F)c(NC4CCC4)n3)cc2)CC1. The molecule has 1 amide bonds. The molecule has 1 saturated carbocycles. The number of hydrogen-bond donors (Lipinski definition) is 3. The summed E-state index contributed by atoms with van der Waals surface area (Å²) in [5, 5.41) is 8.79. The van der Waals surface area contributed by atoms with E-state index in [2.05, 4.69) is 54.8 Å². The highest BCUT2D eigenvalue weighted by Gasteiger charge is 2.23. The average Bonchev–Trinajstić information content (AvgIpc) is 2.89. The van der Waals surface area contributed by atoms with E-state index in [0.29, 0.717) is 11.8 Å². The first kappa shape index (κ1) is 24.9. The van der Waals surface area contributed by atoms with Crippen molar-refractivity contribution in [1.29, 1.82) is 0 Å². The van der Waals surface area contributed by atoms with Crippen molar-refractivity contribution in [2.45, 2.75) is 32.2 Å². The molecule has 1 aliphatic carbocycles. The Balaban J connectivity index is 1.31. The third-order valence-corrected chi connectivity index (χ3v) is 6.99. The van der Waals surface area contributed by atoms with Crippen LogP contribution >= 0.6 is 0 Å². The molecule has 37 heavy (non-hydrogen) atoms. The summed E-state index contributed by atoms with van der Waals surface area (Å²) in [6, 6.07) is 11.7. The van der Waals surface area contributed by atoms with Crippen LogP contribution in [0.3, 0.4) is 0 Å². The highest BCUT2D eigenvalue weighted by molar-refractivity contribution is 6.07. The first-order valence-electron chi connectivity index (χ1n) is 12.7. The lowest BCUT2D eigenvalue weighted by atomic mass is 9.93. The van der Waals surface area contributed by atoms with E-state index in [1.807, 2.05) is 12.1 Å². The number of nitrogens with zero attached hydrogens (tertiary/aromatic N) is 4. The van der Waals surface area contributed by atoms with Gasteiger partial charge in [-0.3, -0.25) is 4.79 Å². The Morgan fingerprint density at radius 3 is 2.35 bits per heavy atom. The number of para-hydroxylation sites is 1. The molecule has 3 N–H and O–H groups in total. The number of carbonyl (C=O) groups is 1. The van der Waals surface area contributed by atoms with Crippen LogP contribution < -0.4 is 20.9 Å². The molecule has 8 nitrogen and oxygen atoms in total. The van der Waals surface area contributed by atoms with E-state index in [1.165, 1.54) is 18.0 Å². The molecule has 5 rings (SSSR count). The molecule has 2 aromatic carbocycles. The predicted molar refractivity (Wildman–Crippen MR) is 142 cm³/mol. The Kier molecular flexibility index (Phi) is 7.45. The summed E-state index contributed by atoms with van der Waals surface area (Å²) in [6.07, 6.45) is 4.38. The number of hydrogen-bond acceptors (Lipinski definition) is 7. The van der Waals surface area contributed by atoms with Crippen LogP contribution in [0.2, 0.25) is 0 Å². The third kappa shape index (κ3) is 5.80. The number of anilines is 5. The number of carbonyl (C=O) groups excluding carboxylic acids is 1. The van der Waals surface area contributed by atoms with Crippen molar-refractivity contribution in [1.82, 2.24) is 14.9 Å². The summed E-state index contributed by atoms with van der Waals surface area (Å²) >= 11 is 0. The van der Waals surface area contributed by atoms with E-state index in [1.54, 1.807) is 0 Å². The highest BCUT2D eigenvalue weighted by atomic mass is 19.1. The van der Waals surface area contributed by atoms with Crippen LogP contribution in [0, 0.1) is 11.6 Å². The maximum Gasteiger partial charge on any atom is 0.261 e. The number of likely N-dealkylation sites (N-methyl/N-ethyl adjacent to an activating group) is 1. The van der Waals surface area contributed by atoms with E-state index >= 15 is 0 Å². The monoisotopic (exact) mass is 507 g/mol. The lowest BCUT2D eigenvalue weighted by molar-refractivity contribution is 0.102. The molecular weight excluding hydrogens is 476 g/mol. The Bertz CT molecular complexity index is 1220. The number of aromatic nitrogens is 2. The van der Waals surface area contributed by atoms with Gasteiger partial charge < -0.3 is 25.8 Å². The zero-order valence-electron chi connectivity index (χ0n) is 20.8. The van der Waals surface area contributed by atoms with Gasteiger partial charge in [0.2, 0.25) is 5.95 Å². The molecule has 0 radical (unpaired) electrons. The molecule has 0 atom stereocenters. The van der Waals surface area contributed by atoms with Crippen molar-refractivity contribution in [3.63, 3.8) is 0 Å². The van der Waals surface area contributed by atoms with Gasteiger partial charge in [0.15, 0.2) is 0 Å². The molecular formula is C27H31F2N7O. The molecule has 194 valence electrons. The Morgan fingerprint density at radius 1 is 1.03 bits per heavy atom. The van der Waals surface area contributed by atoms with Gasteiger partial charge in [-0.2, -0.15) is 4.98 Å². The van der Waals surface area contributed by atoms with Gasteiger partial charge in [0, 0.05) is 49.8 Å². The quantitative estimate of drug-likeness (QED) is 0.402. The number of rotatable bonds is 8. The van der Waals surface area contributed by atoms with Crippen molar-refractivity contribution < 1.29 is 13.6 Å². The maximum absolute atomic E-state index is 14.1. The zero-order valence-corrected chi connectivity index (χ0v) is 20.8. The van der Waals surface area contributed by atoms with Crippen molar-refractivity contribution in [2.24, 2.45) is 0 Å². The van der Waals surface area contributed by atoms with Gasteiger partial charge in [-0.1, -0.05) is 13.0 Å². The fourth-order valence-electron chi connectivity index (χ4n) is 4.47. The van der Waals surface area contributed by atoms with Crippen LogP contribution in [0.25, 0.3) is 0 Å². The predicted octanol–water partition coefficient (Wildman–Crippen LogP) is 4.86. The van der Waals surface area contributed by atoms with Gasteiger partial charge >= 0.3 is 0 Å². The highest BCUT2D eigenvalue weighted by Crippen LogP contribution is 2.27. The summed E-state index contributed by atoms with van der Waals surface area (Å²) in [4.78, 5) is 26.6. The summed E-state index contributed by atoms with van der Waals surface area (Å²) in [5.41, 5.74) is 1.60. The first-order chi connectivity index (χ1) is 18.0. The molecule has 0 spiro atoms. The molecule has 10 heteroatoms. The van der Waals surface area contributed by atoms with Gasteiger partial charge in [-0.15, -0.1) is 0 Å². The van der Waals surface area contributed by atoms with E-state index in [9.17, 15) is 13.6 Å². The van der Waals surface area contributed by atoms with Gasteiger partial charge in [-0.25, -0.2) is 13.8 Å². The minimum Gasteiger partial charge on any atom is -0.369 e. The maximum atomic E-state index is 14.1. The van der Waals surface area contributed by atoms with E-state index in [4.69, 9.17) is 0 Å². The van der Waals surface area contributed by atoms with Crippen LogP contribution in [-0.4, -0.2) is 59.5 Å². The lowest BCUT2D eigenvalue weighted by Crippen LogP contribution is -2.46. The largest absolute Gasteiger partial charge is 0.369 e. The van der Waals surface area contributed by atoms with Crippen molar-refractivity contribution >= 4 is 34.7 Å². The number of halogens is 2. The zero-order chi connectivity index (χ0) is 25.8. The normalized spacial score (nSPS) is 16.2. The second kappa shape index (κ2) is 11.1. The first-order valence-corrected chi connectivity index (χ1v) is 12.7. The fraction of sp³-hybridized carbons (Fsp3) is 0.370. The smallest absolute Gasteiger partial charge is 0.261 e. The van der Waals surface area contributed by atoms with Crippen molar-refractivity contribution in [2.75, 3.05) is 53.6 Å². The second-order valence-corrected chi connectivity index (χ2v) is 9.37. The Labute approximate surface area is 215 Å². The van der Waals surface area contributed by atoms with Crippen LogP contribution in [0.4, 0.5) is 37.6 Å². The fourth-order valence-corrected chi connectivity index (χ4v) is 4.47. The van der Waals surface area contributed by atoms with E-state index in [-0.39, 0.29) is 11.6 Å². The van der Waals surface area contributed by atoms with Crippen molar-refractivity contribution in [3.8, 4) is 0 Å². The van der Waals surface area contributed by atoms with Gasteiger partial charge in [-0.05, 0) is 62.2 Å². The molecule has 2 fully saturated rings. The summed E-state index contributed by atoms with van der Waals surface area (Å²) in [6.45, 7) is 7.39. The van der Waals surface area contributed by atoms with E-state index in [0.717, 1.165) is 69.8 Å². The van der Waals surface area contributed by atoms with E-state index < -0.39 is 23.2 Å². The van der Waals surface area contributed by atoms with Crippen LogP contribution in [0.5, 0.6) is 0 Å². The lowest BCUT2D eigenvalue weighted by Gasteiger charge is -2.35. The number of piperazine rings is 1. The second-order valence-electron chi connectivity index (χ2n) is 9.37. The minimum atomic E-state index is -0.850. The number of benzene rings is 2. The molecule has 1 aliphatic heterocycles. The molecule has 2 aliphatic rings. The Hall–Kier alpha value is -3.79. The molecule has 1 aromatic heterocycles. The molecule has 2 heterocycles. The summed E-state index contributed by atoms with van der Waals surface area (Å²) in [5.74, 6) is -1.75. The van der Waals surface area contributed by atoms with Gasteiger partial charge in [0.1, 0.15) is 28.7 Å². The Morgan fingerprint density at radius 2 is 1.73 bits per heavy atom. The molecule has 0 bridgehead atoms. The van der Waals surface area contributed by atoms with Crippen molar-refractivity contribution in [3.05, 3.63) is 65.9 Å². The van der Waals surface area contributed by atoms with Gasteiger partial charge in [0.05, 0.1) is 0 Å². The number of amides is 1. The molecule has 1 saturated heterocycles. The standard InChI is InChI=1S/C27H31F2N7O/c1-2-35-13-15-36(16-14-35)20-11-9-19(10-12-20)32-27-30-17-21(25(34-27)31-18-5-3-6-18)26(37)33-24-22(28)7-4-8-23(24)29/h4,7-12,17-18H,2-3,5-6,13-16H2,1H3,(H,33,37)(H2,30,31,32,34). The average molecular weight is 508 g/mol. The third-order valence-electron chi connectivity index (χ3n) is 6.99. The number of nitrogens with one attached hydrogen (secondary N) is 3. The van der Waals surface area contributed by atoms with Crippen LogP contribution in [0.1, 0.15) is 36.5 Å². The minimum absolute atomic E-state index is 0.113. The molecule has 3 aromatic rings. The topological polar surface area (TPSA) is 85.4 Å². The summed E-state index contributed by atoms with van der Waals surface area (Å²) < 4.78 is 28.1. The van der Waals surface area contributed by atoms with Gasteiger partial charge in [0.25, 0.3) is 5.91 Å². The molecule has 0 unspecified atom stereocenters.